The summed E-state index contributed by atoms with van der Waals surface area (Å²) in [5, 5.41) is 11.3. The summed E-state index contributed by atoms with van der Waals surface area (Å²) in [7, 11) is 0. The summed E-state index contributed by atoms with van der Waals surface area (Å²) in [6, 6.07) is 13.4. The number of aryl methyl sites for hydroxylation is 1. The summed E-state index contributed by atoms with van der Waals surface area (Å²) in [6.07, 6.45) is 0. The molecule has 0 radical (unpaired) electrons. The number of aromatic hydroxyl groups is 1. The monoisotopic (exact) mass is 419 g/mol. The van der Waals surface area contributed by atoms with Crippen molar-refractivity contribution in [3.63, 3.8) is 0 Å². The van der Waals surface area contributed by atoms with E-state index in [0.717, 1.165) is 35.4 Å². The molecule has 1 fully saturated rings. The van der Waals surface area contributed by atoms with Crippen molar-refractivity contribution in [1.29, 1.82) is 0 Å². The molecular formula is C24H29N5O2. The molecule has 2 heterocycles. The lowest BCUT2D eigenvalue weighted by atomic mass is 10.1. The van der Waals surface area contributed by atoms with E-state index in [9.17, 15) is 9.90 Å². The van der Waals surface area contributed by atoms with Gasteiger partial charge >= 0.3 is 6.03 Å². The number of phenols is 1. The van der Waals surface area contributed by atoms with Gasteiger partial charge in [0.2, 0.25) is 0 Å². The van der Waals surface area contributed by atoms with E-state index >= 15 is 0 Å². The molecule has 0 saturated carbocycles. The van der Waals surface area contributed by atoms with Crippen LogP contribution in [0.3, 0.4) is 0 Å². The van der Waals surface area contributed by atoms with Gasteiger partial charge in [-0.15, -0.1) is 0 Å². The first kappa shape index (κ1) is 20.9. The molecule has 1 aliphatic heterocycles. The molecular weight excluding hydrogens is 390 g/mol. The number of para-hydroxylation sites is 1. The van der Waals surface area contributed by atoms with Crippen LogP contribution in [0, 0.1) is 6.92 Å². The van der Waals surface area contributed by atoms with E-state index in [1.807, 2.05) is 48.8 Å². The van der Waals surface area contributed by atoms with Gasteiger partial charge in [-0.05, 0) is 50.6 Å². The molecule has 0 atom stereocenters. The Kier molecular flexibility index (Phi) is 5.93. The van der Waals surface area contributed by atoms with Crippen LogP contribution < -0.4 is 4.90 Å². The maximum atomic E-state index is 12.7. The van der Waals surface area contributed by atoms with Crippen molar-refractivity contribution in [3.8, 4) is 17.1 Å². The van der Waals surface area contributed by atoms with Crippen LogP contribution >= 0.6 is 0 Å². The zero-order valence-electron chi connectivity index (χ0n) is 18.4. The lowest BCUT2D eigenvalue weighted by molar-refractivity contribution is 0.154. The molecule has 1 aliphatic rings. The van der Waals surface area contributed by atoms with Crippen molar-refractivity contribution in [2.75, 3.05) is 44.2 Å². The van der Waals surface area contributed by atoms with E-state index in [-0.39, 0.29) is 11.8 Å². The largest absolute Gasteiger partial charge is 0.507 e. The van der Waals surface area contributed by atoms with Gasteiger partial charge in [0.15, 0.2) is 5.82 Å². The fourth-order valence-electron chi connectivity index (χ4n) is 4.05. The fourth-order valence-corrected chi connectivity index (χ4v) is 4.05. The third-order valence-corrected chi connectivity index (χ3v) is 5.86. The molecule has 0 unspecified atom stereocenters. The maximum absolute atomic E-state index is 12.7. The zero-order valence-corrected chi connectivity index (χ0v) is 18.4. The fraction of sp³-hybridized carbons (Fsp3) is 0.375. The lowest BCUT2D eigenvalue weighted by Crippen LogP contribution is -2.53. The molecule has 31 heavy (non-hydrogen) atoms. The van der Waals surface area contributed by atoms with E-state index in [1.165, 1.54) is 0 Å². The van der Waals surface area contributed by atoms with Crippen molar-refractivity contribution in [3.05, 3.63) is 48.0 Å². The van der Waals surface area contributed by atoms with Gasteiger partial charge in [-0.2, -0.15) is 0 Å². The number of amides is 2. The number of hydrogen-bond donors (Lipinski definition) is 1. The van der Waals surface area contributed by atoms with Crippen molar-refractivity contribution in [1.82, 2.24) is 19.8 Å². The number of phenolic OH excluding ortho intramolecular Hbond substituents is 1. The third kappa shape index (κ3) is 4.13. The molecule has 0 aliphatic carbocycles. The summed E-state index contributed by atoms with van der Waals surface area (Å²) in [6.45, 7) is 10.2. The third-order valence-electron chi connectivity index (χ3n) is 5.86. The minimum absolute atomic E-state index is 0.0997. The van der Waals surface area contributed by atoms with Crippen LogP contribution in [-0.2, 0) is 0 Å². The van der Waals surface area contributed by atoms with Crippen molar-refractivity contribution in [2.24, 2.45) is 0 Å². The van der Waals surface area contributed by atoms with Gasteiger partial charge in [-0.25, -0.2) is 14.8 Å². The molecule has 2 aromatic carbocycles. The van der Waals surface area contributed by atoms with Crippen LogP contribution in [0.5, 0.6) is 5.75 Å². The molecule has 0 bridgehead atoms. The van der Waals surface area contributed by atoms with Crippen LogP contribution in [0.15, 0.2) is 42.5 Å². The van der Waals surface area contributed by atoms with E-state index in [4.69, 9.17) is 9.97 Å². The Balaban J connectivity index is 1.68. The minimum Gasteiger partial charge on any atom is -0.507 e. The highest BCUT2D eigenvalue weighted by molar-refractivity contribution is 5.92. The maximum Gasteiger partial charge on any atom is 0.320 e. The van der Waals surface area contributed by atoms with E-state index in [1.54, 1.807) is 12.1 Å². The summed E-state index contributed by atoms with van der Waals surface area (Å²) in [5.74, 6) is 1.51. The highest BCUT2D eigenvalue weighted by Gasteiger charge is 2.26. The Morgan fingerprint density at radius 2 is 1.74 bits per heavy atom. The standard InChI is InChI=1S/C24H29N5O2/c1-4-27(5-2)24(31)29-14-12-28(13-15-29)23-18-11-10-17(3)16-20(18)25-22(26-23)19-8-6-7-9-21(19)30/h6-11,16,30H,4-5,12-15H2,1-3H3. The number of nitrogens with zero attached hydrogens (tertiary/aromatic N) is 5. The van der Waals surface area contributed by atoms with Gasteiger partial charge < -0.3 is 19.8 Å². The number of carbonyl (C=O) groups excluding carboxylic acids is 1. The second kappa shape index (κ2) is 8.79. The molecule has 7 nitrogen and oxygen atoms in total. The number of carbonyl (C=O) groups is 1. The van der Waals surface area contributed by atoms with Gasteiger partial charge in [-0.1, -0.05) is 18.2 Å². The van der Waals surface area contributed by atoms with Crippen LogP contribution in [-0.4, -0.2) is 70.2 Å². The molecule has 1 aromatic heterocycles. The molecule has 1 saturated heterocycles. The Morgan fingerprint density at radius 3 is 2.42 bits per heavy atom. The van der Waals surface area contributed by atoms with Crippen molar-refractivity contribution in [2.45, 2.75) is 20.8 Å². The lowest BCUT2D eigenvalue weighted by Gasteiger charge is -2.38. The minimum atomic E-state index is 0.0997. The smallest absolute Gasteiger partial charge is 0.320 e. The quantitative estimate of drug-likeness (QED) is 0.694. The topological polar surface area (TPSA) is 72.8 Å². The number of rotatable bonds is 4. The average Bonchev–Trinajstić information content (AvgIpc) is 2.79. The highest BCUT2D eigenvalue weighted by Crippen LogP contribution is 2.32. The van der Waals surface area contributed by atoms with Crippen molar-refractivity contribution < 1.29 is 9.90 Å². The first-order valence-corrected chi connectivity index (χ1v) is 10.9. The predicted molar refractivity (Wildman–Crippen MR) is 123 cm³/mol. The Labute approximate surface area is 182 Å². The van der Waals surface area contributed by atoms with Crippen LogP contribution in [0.1, 0.15) is 19.4 Å². The van der Waals surface area contributed by atoms with E-state index in [0.29, 0.717) is 37.6 Å². The molecule has 3 aromatic rings. The molecule has 0 spiro atoms. The Morgan fingerprint density at radius 1 is 1.03 bits per heavy atom. The number of anilines is 1. The van der Waals surface area contributed by atoms with E-state index in [2.05, 4.69) is 17.0 Å². The first-order chi connectivity index (χ1) is 15.0. The van der Waals surface area contributed by atoms with E-state index < -0.39 is 0 Å². The predicted octanol–water partition coefficient (Wildman–Crippen LogP) is 3.89. The summed E-state index contributed by atoms with van der Waals surface area (Å²) in [5.41, 5.74) is 2.59. The first-order valence-electron chi connectivity index (χ1n) is 10.9. The van der Waals surface area contributed by atoms with Gasteiger partial charge in [0.25, 0.3) is 0 Å². The molecule has 7 heteroatoms. The van der Waals surface area contributed by atoms with Crippen molar-refractivity contribution >= 4 is 22.8 Å². The second-order valence-electron chi connectivity index (χ2n) is 7.84. The highest BCUT2D eigenvalue weighted by atomic mass is 16.3. The van der Waals surface area contributed by atoms with Gasteiger partial charge in [0.05, 0.1) is 11.1 Å². The van der Waals surface area contributed by atoms with Crippen LogP contribution in [0.25, 0.3) is 22.3 Å². The number of fused-ring (bicyclic) bond motifs is 1. The summed E-state index contributed by atoms with van der Waals surface area (Å²) in [4.78, 5) is 28.3. The molecule has 4 rings (SSSR count). The van der Waals surface area contributed by atoms with Gasteiger partial charge in [0, 0.05) is 44.7 Å². The zero-order chi connectivity index (χ0) is 22.0. The number of benzene rings is 2. The number of urea groups is 1. The van der Waals surface area contributed by atoms with Crippen LogP contribution in [0.4, 0.5) is 10.6 Å². The normalized spacial score (nSPS) is 14.2. The molecule has 1 N–H and O–H groups in total. The Hall–Kier alpha value is -3.35. The second-order valence-corrected chi connectivity index (χ2v) is 7.84. The molecule has 162 valence electrons. The number of aromatic nitrogens is 2. The Bertz CT molecular complexity index is 1090. The SMILES string of the molecule is CCN(CC)C(=O)N1CCN(c2nc(-c3ccccc3O)nc3cc(C)ccc23)CC1. The number of piperazine rings is 1. The molecule has 2 amide bonds. The summed E-state index contributed by atoms with van der Waals surface area (Å²) < 4.78 is 0. The van der Waals surface area contributed by atoms with Gasteiger partial charge in [-0.3, -0.25) is 0 Å². The average molecular weight is 420 g/mol. The van der Waals surface area contributed by atoms with Gasteiger partial charge in [0.1, 0.15) is 11.6 Å². The number of hydrogen-bond acceptors (Lipinski definition) is 5. The summed E-state index contributed by atoms with van der Waals surface area (Å²) >= 11 is 0. The van der Waals surface area contributed by atoms with Crippen LogP contribution in [0.2, 0.25) is 0 Å².